The Morgan fingerprint density at radius 3 is 2.75 bits per heavy atom. The van der Waals surface area contributed by atoms with Gasteiger partial charge in [-0.1, -0.05) is 6.58 Å². The Morgan fingerprint density at radius 1 is 1.07 bits per heavy atom. The molecule has 1 amide bonds. The van der Waals surface area contributed by atoms with Gasteiger partial charge in [-0.2, -0.15) is 0 Å². The third-order valence-electron chi connectivity index (χ3n) is 7.28. The lowest BCUT2D eigenvalue weighted by molar-refractivity contribution is -0.126. The van der Waals surface area contributed by atoms with Crippen molar-refractivity contribution in [1.82, 2.24) is 29.4 Å². The van der Waals surface area contributed by atoms with E-state index in [0.29, 0.717) is 25.5 Å². The molecule has 0 bridgehead atoms. The lowest BCUT2D eigenvalue weighted by Crippen LogP contribution is -2.53. The molecule has 1 fully saturated rings. The summed E-state index contributed by atoms with van der Waals surface area (Å²) in [4.78, 5) is 34.1. The fraction of sp³-hybridized carbons (Fsp3) is 0.233. The third-order valence-corrected chi connectivity index (χ3v) is 7.28. The number of aryl methyl sites for hydroxylation is 2. The van der Waals surface area contributed by atoms with Gasteiger partial charge in [0.25, 0.3) is 0 Å². The number of nitrogens with one attached hydrogen (secondary N) is 1. The second-order valence-electron chi connectivity index (χ2n) is 10.0. The number of piperazine rings is 1. The molecule has 0 radical (unpaired) electrons. The molecule has 202 valence electrons. The summed E-state index contributed by atoms with van der Waals surface area (Å²) in [6, 6.07) is 14.0. The van der Waals surface area contributed by atoms with E-state index in [2.05, 4.69) is 43.7 Å². The number of rotatable bonds is 6. The number of imidazole rings is 1. The van der Waals surface area contributed by atoms with Crippen molar-refractivity contribution < 1.29 is 9.53 Å². The summed E-state index contributed by atoms with van der Waals surface area (Å²) in [5.41, 5.74) is 4.55. The summed E-state index contributed by atoms with van der Waals surface area (Å²) in [6.45, 7) is 9.63. The number of carbonyl (C=O) groups is 1. The third kappa shape index (κ3) is 4.79. The fourth-order valence-corrected chi connectivity index (χ4v) is 5.12. The molecule has 3 aromatic heterocycles. The predicted molar refractivity (Wildman–Crippen MR) is 156 cm³/mol. The van der Waals surface area contributed by atoms with Crippen molar-refractivity contribution in [2.24, 2.45) is 7.05 Å². The van der Waals surface area contributed by atoms with Gasteiger partial charge in [0.05, 0.1) is 29.1 Å². The zero-order chi connectivity index (χ0) is 27.8. The second-order valence-corrected chi connectivity index (χ2v) is 10.0. The molecule has 1 aliphatic rings. The van der Waals surface area contributed by atoms with E-state index in [9.17, 15) is 4.79 Å². The Morgan fingerprint density at radius 2 is 1.95 bits per heavy atom. The standard InChI is InChI=1S/C30H30N8O2/c1-5-29(39)37-10-11-38(20(3)16-37)28-14-23-25(15-31-28)32-17-33-30(23)35-21-6-9-27(19(2)12-21)40-22-7-8-26-24(13-22)34-18-36(26)4/h5-9,12-15,17-18,20H,1,10-11,16H2,2-4H3,(H,32,33,35). The van der Waals surface area contributed by atoms with E-state index in [1.807, 2.05) is 65.9 Å². The van der Waals surface area contributed by atoms with E-state index in [4.69, 9.17) is 4.74 Å². The quantitative estimate of drug-likeness (QED) is 0.305. The first-order valence-electron chi connectivity index (χ1n) is 13.1. The van der Waals surface area contributed by atoms with Crippen LogP contribution in [0.1, 0.15) is 12.5 Å². The van der Waals surface area contributed by atoms with Crippen LogP contribution in [0.2, 0.25) is 0 Å². The molecule has 10 nitrogen and oxygen atoms in total. The SMILES string of the molecule is C=CC(=O)N1CCN(c2cc3c(Nc4ccc(Oc5ccc6c(c5)ncn6C)c(C)c4)ncnc3cn2)C(C)C1. The molecule has 2 aromatic carbocycles. The van der Waals surface area contributed by atoms with Crippen molar-refractivity contribution >= 4 is 45.2 Å². The van der Waals surface area contributed by atoms with Crippen LogP contribution < -0.4 is 15.0 Å². The van der Waals surface area contributed by atoms with Crippen LogP contribution in [0.4, 0.5) is 17.3 Å². The highest BCUT2D eigenvalue weighted by molar-refractivity contribution is 5.92. The van der Waals surface area contributed by atoms with Gasteiger partial charge in [-0.25, -0.2) is 19.9 Å². The monoisotopic (exact) mass is 534 g/mol. The molecule has 40 heavy (non-hydrogen) atoms. The minimum Gasteiger partial charge on any atom is -0.457 e. The second kappa shape index (κ2) is 10.3. The summed E-state index contributed by atoms with van der Waals surface area (Å²) < 4.78 is 8.16. The molecule has 0 aliphatic carbocycles. The van der Waals surface area contributed by atoms with Gasteiger partial charge in [0.2, 0.25) is 5.91 Å². The molecule has 0 spiro atoms. The van der Waals surface area contributed by atoms with Gasteiger partial charge in [0.1, 0.15) is 29.5 Å². The molecule has 4 heterocycles. The molecule has 10 heteroatoms. The van der Waals surface area contributed by atoms with E-state index in [1.54, 1.807) is 12.5 Å². The van der Waals surface area contributed by atoms with Crippen LogP contribution >= 0.6 is 0 Å². The Kier molecular flexibility index (Phi) is 6.51. The Hall–Kier alpha value is -4.99. The minimum atomic E-state index is -0.0427. The summed E-state index contributed by atoms with van der Waals surface area (Å²) in [5.74, 6) is 2.98. The first-order chi connectivity index (χ1) is 19.4. The van der Waals surface area contributed by atoms with Crippen molar-refractivity contribution in [3.63, 3.8) is 0 Å². The van der Waals surface area contributed by atoms with Crippen LogP contribution in [0.25, 0.3) is 21.9 Å². The van der Waals surface area contributed by atoms with E-state index in [-0.39, 0.29) is 11.9 Å². The zero-order valence-electron chi connectivity index (χ0n) is 22.7. The van der Waals surface area contributed by atoms with Gasteiger partial charge in [-0.15, -0.1) is 0 Å². The van der Waals surface area contributed by atoms with Crippen LogP contribution in [-0.2, 0) is 11.8 Å². The molecule has 1 N–H and O–H groups in total. The predicted octanol–water partition coefficient (Wildman–Crippen LogP) is 4.98. The summed E-state index contributed by atoms with van der Waals surface area (Å²) in [7, 11) is 1.97. The molecular formula is C30H30N8O2. The molecule has 1 aliphatic heterocycles. The van der Waals surface area contributed by atoms with Crippen LogP contribution in [0.5, 0.6) is 11.5 Å². The van der Waals surface area contributed by atoms with Gasteiger partial charge in [0, 0.05) is 49.9 Å². The highest BCUT2D eigenvalue weighted by Crippen LogP contribution is 2.32. The Labute approximate surface area is 232 Å². The number of aromatic nitrogens is 5. The highest BCUT2D eigenvalue weighted by atomic mass is 16.5. The maximum absolute atomic E-state index is 12.1. The number of fused-ring (bicyclic) bond motifs is 2. The molecule has 5 aromatic rings. The first-order valence-corrected chi connectivity index (χ1v) is 13.1. The Bertz CT molecular complexity index is 1750. The number of carbonyl (C=O) groups excluding carboxylic acids is 1. The van der Waals surface area contributed by atoms with Crippen LogP contribution in [0, 0.1) is 6.92 Å². The molecular weight excluding hydrogens is 504 g/mol. The number of hydrogen-bond donors (Lipinski definition) is 1. The number of ether oxygens (including phenoxy) is 1. The largest absolute Gasteiger partial charge is 0.457 e. The molecule has 1 atom stereocenters. The summed E-state index contributed by atoms with van der Waals surface area (Å²) >= 11 is 0. The molecule has 1 unspecified atom stereocenters. The number of benzene rings is 2. The van der Waals surface area contributed by atoms with E-state index < -0.39 is 0 Å². The zero-order valence-corrected chi connectivity index (χ0v) is 22.7. The normalized spacial score (nSPS) is 15.4. The van der Waals surface area contributed by atoms with E-state index in [1.165, 1.54) is 12.4 Å². The Balaban J connectivity index is 1.22. The average molecular weight is 535 g/mol. The number of pyridine rings is 1. The minimum absolute atomic E-state index is 0.0427. The summed E-state index contributed by atoms with van der Waals surface area (Å²) in [6.07, 6.45) is 6.47. The fourth-order valence-electron chi connectivity index (χ4n) is 5.12. The smallest absolute Gasteiger partial charge is 0.246 e. The first kappa shape index (κ1) is 25.3. The highest BCUT2D eigenvalue weighted by Gasteiger charge is 2.27. The number of hydrogen-bond acceptors (Lipinski definition) is 8. The van der Waals surface area contributed by atoms with Crippen LogP contribution in [-0.4, -0.2) is 61.0 Å². The number of amides is 1. The van der Waals surface area contributed by atoms with E-state index >= 15 is 0 Å². The van der Waals surface area contributed by atoms with Gasteiger partial charge < -0.3 is 24.4 Å². The van der Waals surface area contributed by atoms with Crippen molar-refractivity contribution in [1.29, 1.82) is 0 Å². The van der Waals surface area contributed by atoms with Gasteiger partial charge in [-0.05, 0) is 61.9 Å². The maximum atomic E-state index is 12.1. The number of nitrogens with zero attached hydrogens (tertiary/aromatic N) is 7. The van der Waals surface area contributed by atoms with Gasteiger partial charge >= 0.3 is 0 Å². The lowest BCUT2D eigenvalue weighted by atomic mass is 10.1. The van der Waals surface area contributed by atoms with Crippen molar-refractivity contribution in [3.8, 4) is 11.5 Å². The van der Waals surface area contributed by atoms with Gasteiger partial charge in [0.15, 0.2) is 0 Å². The molecule has 1 saturated heterocycles. The van der Waals surface area contributed by atoms with Crippen LogP contribution in [0.15, 0.2) is 74.0 Å². The maximum Gasteiger partial charge on any atom is 0.246 e. The van der Waals surface area contributed by atoms with E-state index in [0.717, 1.165) is 50.5 Å². The van der Waals surface area contributed by atoms with Crippen LogP contribution in [0.3, 0.4) is 0 Å². The topological polar surface area (TPSA) is 101 Å². The molecule has 6 rings (SSSR count). The molecule has 0 saturated carbocycles. The number of anilines is 3. The lowest BCUT2D eigenvalue weighted by Gasteiger charge is -2.40. The van der Waals surface area contributed by atoms with Crippen molar-refractivity contribution in [2.45, 2.75) is 19.9 Å². The average Bonchev–Trinajstić information content (AvgIpc) is 3.33. The van der Waals surface area contributed by atoms with Gasteiger partial charge in [-0.3, -0.25) is 4.79 Å². The summed E-state index contributed by atoms with van der Waals surface area (Å²) in [5, 5.41) is 4.31. The van der Waals surface area contributed by atoms with Crippen molar-refractivity contribution in [2.75, 3.05) is 29.9 Å². The van der Waals surface area contributed by atoms with Crippen molar-refractivity contribution in [3.05, 3.63) is 79.5 Å².